The largest absolute Gasteiger partial charge is 0.248 e. The first kappa shape index (κ1) is 29.0. The highest BCUT2D eigenvalue weighted by molar-refractivity contribution is 7.99. The summed E-state index contributed by atoms with van der Waals surface area (Å²) in [5.41, 5.74) is 14.3. The Morgan fingerprint density at radius 2 is 0.961 bits per heavy atom. The van der Waals surface area contributed by atoms with Crippen LogP contribution in [0.1, 0.15) is 22.3 Å². The number of pyridine rings is 1. The number of rotatable bonds is 3. The Bertz CT molecular complexity index is 2730. The molecule has 238 valence electrons. The molecule has 0 radical (unpaired) electrons. The van der Waals surface area contributed by atoms with Gasteiger partial charge in [0.05, 0.1) is 16.8 Å². The van der Waals surface area contributed by atoms with Gasteiger partial charge >= 0.3 is 0 Å². The van der Waals surface area contributed by atoms with Gasteiger partial charge in [0.1, 0.15) is 0 Å². The zero-order valence-electron chi connectivity index (χ0n) is 27.5. The molecule has 1 aliphatic heterocycles. The molecule has 0 saturated heterocycles. The van der Waals surface area contributed by atoms with Crippen molar-refractivity contribution in [3.05, 3.63) is 198 Å². The molecule has 7 aromatic carbocycles. The molecular weight excluding hydrogens is 655 g/mol. The predicted octanol–water partition coefficient (Wildman–Crippen LogP) is 13.3. The Kier molecular flexibility index (Phi) is 6.34. The third-order valence-electron chi connectivity index (χ3n) is 10.7. The topological polar surface area (TPSA) is 12.9 Å². The Labute approximate surface area is 304 Å². The van der Waals surface area contributed by atoms with Crippen molar-refractivity contribution in [3.8, 4) is 44.8 Å². The molecular formula is C48H29NS2. The van der Waals surface area contributed by atoms with Gasteiger partial charge in [-0.25, -0.2) is 4.98 Å². The lowest BCUT2D eigenvalue weighted by Crippen LogP contribution is -2.31. The van der Waals surface area contributed by atoms with Crippen molar-refractivity contribution in [1.29, 1.82) is 0 Å². The van der Waals surface area contributed by atoms with Gasteiger partial charge in [0.2, 0.25) is 0 Å². The van der Waals surface area contributed by atoms with Gasteiger partial charge in [-0.05, 0) is 87.0 Å². The molecule has 9 aromatic rings. The molecule has 0 bridgehead atoms. The molecule has 2 aliphatic rings. The van der Waals surface area contributed by atoms with E-state index in [4.69, 9.17) is 4.98 Å². The van der Waals surface area contributed by atoms with E-state index < -0.39 is 0 Å². The smallest absolute Gasteiger partial charge is 0.0735 e. The molecule has 51 heavy (non-hydrogen) atoms. The van der Waals surface area contributed by atoms with E-state index in [1.54, 1.807) is 0 Å². The van der Waals surface area contributed by atoms with Crippen LogP contribution in [0, 0.1) is 0 Å². The van der Waals surface area contributed by atoms with Gasteiger partial charge in [0, 0.05) is 41.1 Å². The molecule has 0 unspecified atom stereocenters. The highest BCUT2D eigenvalue weighted by atomic mass is 32.2. The van der Waals surface area contributed by atoms with E-state index in [2.05, 4.69) is 176 Å². The zero-order chi connectivity index (χ0) is 33.5. The van der Waals surface area contributed by atoms with Crippen LogP contribution in [0.3, 0.4) is 0 Å². The Balaban J connectivity index is 1.16. The van der Waals surface area contributed by atoms with Crippen molar-refractivity contribution in [2.24, 2.45) is 0 Å². The first-order chi connectivity index (χ1) is 25.3. The number of hydrogen-bond donors (Lipinski definition) is 0. The van der Waals surface area contributed by atoms with Crippen LogP contribution in [-0.4, -0.2) is 4.98 Å². The second-order valence-electron chi connectivity index (χ2n) is 13.5. The molecule has 0 atom stereocenters. The molecule has 0 saturated carbocycles. The summed E-state index contributed by atoms with van der Waals surface area (Å²) in [7, 11) is 0. The lowest BCUT2D eigenvalue weighted by molar-refractivity contribution is 0.724. The minimum atomic E-state index is -0.388. The Morgan fingerprint density at radius 1 is 0.373 bits per heavy atom. The van der Waals surface area contributed by atoms with Gasteiger partial charge in [-0.1, -0.05) is 145 Å². The Morgan fingerprint density at radius 3 is 1.69 bits per heavy atom. The summed E-state index contributed by atoms with van der Waals surface area (Å²) in [6.07, 6.45) is 0. The van der Waals surface area contributed by atoms with Gasteiger partial charge in [-0.15, -0.1) is 11.3 Å². The summed E-state index contributed by atoms with van der Waals surface area (Å²) in [6.45, 7) is 0. The van der Waals surface area contributed by atoms with Gasteiger partial charge < -0.3 is 0 Å². The van der Waals surface area contributed by atoms with Gasteiger partial charge in [-0.3, -0.25) is 0 Å². The quantitative estimate of drug-likeness (QED) is 0.184. The van der Waals surface area contributed by atoms with Crippen LogP contribution in [0.25, 0.3) is 64.9 Å². The number of nitrogens with zero attached hydrogens (tertiary/aromatic N) is 1. The number of hydrogen-bond acceptors (Lipinski definition) is 3. The average Bonchev–Trinajstić information content (AvgIpc) is 3.70. The molecule has 0 amide bonds. The van der Waals surface area contributed by atoms with E-state index in [1.807, 2.05) is 23.1 Å². The summed E-state index contributed by atoms with van der Waals surface area (Å²) in [5, 5.41) is 2.58. The van der Waals surface area contributed by atoms with Gasteiger partial charge in [0.25, 0.3) is 0 Å². The first-order valence-electron chi connectivity index (χ1n) is 17.4. The van der Waals surface area contributed by atoms with Crippen molar-refractivity contribution in [2.45, 2.75) is 15.2 Å². The maximum Gasteiger partial charge on any atom is 0.0735 e. The van der Waals surface area contributed by atoms with Gasteiger partial charge in [-0.2, -0.15) is 0 Å². The number of benzene rings is 7. The molecule has 1 aliphatic carbocycles. The first-order valence-corrected chi connectivity index (χ1v) is 19.0. The molecule has 0 fully saturated rings. The summed E-state index contributed by atoms with van der Waals surface area (Å²) < 4.78 is 2.61. The number of fused-ring (bicyclic) bond motifs is 12. The summed E-state index contributed by atoms with van der Waals surface area (Å²) in [4.78, 5) is 7.94. The van der Waals surface area contributed by atoms with E-state index >= 15 is 0 Å². The second kappa shape index (κ2) is 11.1. The van der Waals surface area contributed by atoms with E-state index in [0.29, 0.717) is 0 Å². The van der Waals surface area contributed by atoms with Crippen LogP contribution < -0.4 is 0 Å². The van der Waals surface area contributed by atoms with Crippen LogP contribution in [-0.2, 0) is 5.41 Å². The summed E-state index contributed by atoms with van der Waals surface area (Å²) in [6, 6.07) is 64.7. The molecule has 1 spiro atoms. The maximum absolute atomic E-state index is 5.27. The molecule has 3 heteroatoms. The van der Waals surface area contributed by atoms with E-state index in [1.165, 1.54) is 74.5 Å². The lowest BCUT2D eigenvalue weighted by Gasteiger charge is -2.39. The van der Waals surface area contributed by atoms with E-state index in [-0.39, 0.29) is 5.41 Å². The fourth-order valence-electron chi connectivity index (χ4n) is 8.52. The van der Waals surface area contributed by atoms with Crippen LogP contribution in [0.2, 0.25) is 0 Å². The van der Waals surface area contributed by atoms with Crippen LogP contribution in [0.5, 0.6) is 0 Å². The van der Waals surface area contributed by atoms with Crippen molar-refractivity contribution in [1.82, 2.24) is 4.98 Å². The fourth-order valence-corrected chi connectivity index (χ4v) is 10.9. The minimum absolute atomic E-state index is 0.388. The van der Waals surface area contributed by atoms with Crippen LogP contribution in [0.15, 0.2) is 186 Å². The molecule has 11 rings (SSSR count). The maximum atomic E-state index is 5.27. The van der Waals surface area contributed by atoms with Crippen molar-refractivity contribution < 1.29 is 0 Å². The summed E-state index contributed by atoms with van der Waals surface area (Å²) >= 11 is 3.80. The minimum Gasteiger partial charge on any atom is -0.248 e. The highest BCUT2D eigenvalue weighted by Crippen LogP contribution is 2.62. The zero-order valence-corrected chi connectivity index (χ0v) is 29.1. The Hall–Kier alpha value is -5.74. The van der Waals surface area contributed by atoms with Gasteiger partial charge in [0.15, 0.2) is 0 Å². The third kappa shape index (κ3) is 4.26. The van der Waals surface area contributed by atoms with E-state index in [9.17, 15) is 0 Å². The molecule has 0 N–H and O–H groups in total. The average molecular weight is 684 g/mol. The third-order valence-corrected chi connectivity index (χ3v) is 13.0. The number of thiophene rings is 1. The normalized spacial score (nSPS) is 13.6. The number of aromatic nitrogens is 1. The lowest BCUT2D eigenvalue weighted by atomic mass is 9.67. The second-order valence-corrected chi connectivity index (χ2v) is 15.6. The standard InChI is InChI=1S/C48H29NS2/c1-3-13-30(14-4-1)33-26-42(31-15-5-2-6-16-31)49-43(27-33)32-23-24-44-36(25-32)37-28-41-47(29-46(37)50-44)51-45-22-12-11-21-40(45)48(41)38-19-9-7-17-34(38)35-18-8-10-20-39(35)48/h1-29H. The molecule has 1 nitrogen and oxygen atoms in total. The van der Waals surface area contributed by atoms with Crippen molar-refractivity contribution in [2.75, 3.05) is 0 Å². The summed E-state index contributed by atoms with van der Waals surface area (Å²) in [5.74, 6) is 0. The van der Waals surface area contributed by atoms with Crippen LogP contribution >= 0.6 is 23.1 Å². The van der Waals surface area contributed by atoms with Crippen molar-refractivity contribution >= 4 is 43.3 Å². The monoisotopic (exact) mass is 683 g/mol. The predicted molar refractivity (Wildman–Crippen MR) is 215 cm³/mol. The molecule has 3 heterocycles. The fraction of sp³-hybridized carbons (Fsp3) is 0.0208. The van der Waals surface area contributed by atoms with Crippen LogP contribution in [0.4, 0.5) is 0 Å². The van der Waals surface area contributed by atoms with Crippen molar-refractivity contribution in [3.63, 3.8) is 0 Å². The van der Waals surface area contributed by atoms with E-state index in [0.717, 1.165) is 22.5 Å². The highest BCUT2D eigenvalue weighted by Gasteiger charge is 2.50. The molecule has 2 aromatic heterocycles. The SMILES string of the molecule is c1ccc(-c2cc(-c3ccccc3)nc(-c3ccc4sc5cc6c(cc5c4c3)C3(c4ccccc4S6)c4ccccc4-c4ccccc43)c2)cc1.